The summed E-state index contributed by atoms with van der Waals surface area (Å²) in [5, 5.41) is 2.92. The van der Waals surface area contributed by atoms with Gasteiger partial charge in [-0.05, 0) is 25.0 Å². The quantitative estimate of drug-likeness (QED) is 0.861. The zero-order chi connectivity index (χ0) is 18.6. The van der Waals surface area contributed by atoms with Crippen LogP contribution in [-0.4, -0.2) is 31.9 Å². The van der Waals surface area contributed by atoms with Crippen molar-refractivity contribution in [2.45, 2.75) is 25.9 Å². The number of hydrogen-bond donors (Lipinski definition) is 1. The predicted molar refractivity (Wildman–Crippen MR) is 99.5 cm³/mol. The summed E-state index contributed by atoms with van der Waals surface area (Å²) in [6.07, 6.45) is 1.10. The van der Waals surface area contributed by atoms with Gasteiger partial charge in [0.05, 0.1) is 12.3 Å². The third-order valence-corrected chi connectivity index (χ3v) is 5.44. The number of aryl methyl sites for hydroxylation is 1. The maximum absolute atomic E-state index is 12.9. The van der Waals surface area contributed by atoms with Gasteiger partial charge in [0.25, 0.3) is 0 Å². The first kappa shape index (κ1) is 19.1. The van der Waals surface area contributed by atoms with E-state index in [0.29, 0.717) is 5.56 Å². The summed E-state index contributed by atoms with van der Waals surface area (Å²) >= 11 is 0. The van der Waals surface area contributed by atoms with Gasteiger partial charge in [0, 0.05) is 7.05 Å². The molecule has 0 saturated heterocycles. The van der Waals surface area contributed by atoms with E-state index in [2.05, 4.69) is 5.32 Å². The standard InChI is InChI=1S/C19H24N2O3S/c1-14-10-12-16(13-11-14)15(2)20-19(22)18(21(3)25(4,23)24)17-8-6-5-7-9-17/h5-13,15,18H,1-4H3,(H,20,22)/t15-,18+/m0/s1. The molecule has 6 heteroatoms. The normalized spacial score (nSPS) is 14.1. The Morgan fingerprint density at radius 1 is 1.00 bits per heavy atom. The lowest BCUT2D eigenvalue weighted by molar-refractivity contribution is -0.125. The van der Waals surface area contributed by atoms with Crippen LogP contribution in [0.4, 0.5) is 0 Å². The molecule has 0 aliphatic heterocycles. The van der Waals surface area contributed by atoms with Gasteiger partial charge in [-0.3, -0.25) is 4.79 Å². The SMILES string of the molecule is Cc1ccc([C@H](C)NC(=O)[C@@H](c2ccccc2)N(C)S(C)(=O)=O)cc1. The third-order valence-electron chi connectivity index (χ3n) is 4.19. The second kappa shape index (κ2) is 7.80. The molecule has 0 aliphatic carbocycles. The topological polar surface area (TPSA) is 66.5 Å². The van der Waals surface area contributed by atoms with Crippen molar-refractivity contribution in [1.29, 1.82) is 0 Å². The van der Waals surface area contributed by atoms with Gasteiger partial charge in [0.1, 0.15) is 6.04 Å². The van der Waals surface area contributed by atoms with Crippen molar-refractivity contribution in [3.8, 4) is 0 Å². The van der Waals surface area contributed by atoms with Gasteiger partial charge >= 0.3 is 0 Å². The molecule has 0 aliphatic rings. The molecule has 1 amide bonds. The van der Waals surface area contributed by atoms with Crippen LogP contribution in [0.2, 0.25) is 0 Å². The molecule has 0 saturated carbocycles. The van der Waals surface area contributed by atoms with E-state index in [1.807, 2.05) is 44.2 Å². The Morgan fingerprint density at radius 3 is 2.08 bits per heavy atom. The largest absolute Gasteiger partial charge is 0.348 e. The van der Waals surface area contributed by atoms with Crippen molar-refractivity contribution in [3.63, 3.8) is 0 Å². The molecule has 2 aromatic carbocycles. The summed E-state index contributed by atoms with van der Waals surface area (Å²) in [6, 6.07) is 15.6. The summed E-state index contributed by atoms with van der Waals surface area (Å²) in [4.78, 5) is 12.9. The van der Waals surface area contributed by atoms with Crippen LogP contribution in [-0.2, 0) is 14.8 Å². The van der Waals surface area contributed by atoms with E-state index in [1.54, 1.807) is 24.3 Å². The summed E-state index contributed by atoms with van der Waals surface area (Å²) in [6.45, 7) is 3.88. The number of nitrogens with one attached hydrogen (secondary N) is 1. The van der Waals surface area contributed by atoms with Crippen molar-refractivity contribution >= 4 is 15.9 Å². The van der Waals surface area contributed by atoms with Gasteiger partial charge < -0.3 is 5.32 Å². The van der Waals surface area contributed by atoms with Gasteiger partial charge in [-0.1, -0.05) is 60.2 Å². The molecule has 134 valence electrons. The van der Waals surface area contributed by atoms with Crippen molar-refractivity contribution < 1.29 is 13.2 Å². The minimum Gasteiger partial charge on any atom is -0.348 e. The van der Waals surface area contributed by atoms with Gasteiger partial charge in [-0.25, -0.2) is 8.42 Å². The molecular weight excluding hydrogens is 336 g/mol. The van der Waals surface area contributed by atoms with E-state index in [9.17, 15) is 13.2 Å². The van der Waals surface area contributed by atoms with E-state index in [1.165, 1.54) is 7.05 Å². The number of likely N-dealkylation sites (N-methyl/N-ethyl adjacent to an activating group) is 1. The Balaban J connectivity index is 2.28. The second-order valence-corrected chi connectivity index (χ2v) is 8.28. The van der Waals surface area contributed by atoms with Crippen LogP contribution in [0.15, 0.2) is 54.6 Å². The molecule has 2 atom stereocenters. The van der Waals surface area contributed by atoms with Gasteiger partial charge in [-0.15, -0.1) is 0 Å². The lowest BCUT2D eigenvalue weighted by Crippen LogP contribution is -2.42. The first-order valence-corrected chi connectivity index (χ1v) is 9.90. The van der Waals surface area contributed by atoms with Gasteiger partial charge in [0.2, 0.25) is 15.9 Å². The fraction of sp³-hybridized carbons (Fsp3) is 0.316. The maximum atomic E-state index is 12.9. The first-order valence-electron chi connectivity index (χ1n) is 8.05. The highest BCUT2D eigenvalue weighted by Gasteiger charge is 2.31. The Bertz CT molecular complexity index is 818. The van der Waals surface area contributed by atoms with E-state index < -0.39 is 16.1 Å². The van der Waals surface area contributed by atoms with Crippen LogP contribution in [0.25, 0.3) is 0 Å². The lowest BCUT2D eigenvalue weighted by Gasteiger charge is -2.27. The van der Waals surface area contributed by atoms with Crippen molar-refractivity contribution in [3.05, 3.63) is 71.3 Å². The van der Waals surface area contributed by atoms with Gasteiger partial charge in [-0.2, -0.15) is 4.31 Å². The zero-order valence-electron chi connectivity index (χ0n) is 14.9. The number of carbonyl (C=O) groups is 1. The number of nitrogens with zero attached hydrogens (tertiary/aromatic N) is 1. The van der Waals surface area contributed by atoms with Crippen LogP contribution >= 0.6 is 0 Å². The van der Waals surface area contributed by atoms with Crippen molar-refractivity contribution in [2.24, 2.45) is 0 Å². The summed E-state index contributed by atoms with van der Waals surface area (Å²) in [5.74, 6) is -0.354. The van der Waals surface area contributed by atoms with Crippen LogP contribution in [0.5, 0.6) is 0 Å². The smallest absolute Gasteiger partial charge is 0.243 e. The second-order valence-electron chi connectivity index (χ2n) is 6.23. The third kappa shape index (κ3) is 4.90. The fourth-order valence-electron chi connectivity index (χ4n) is 2.58. The van der Waals surface area contributed by atoms with Crippen LogP contribution in [0, 0.1) is 6.92 Å². The molecule has 0 aromatic heterocycles. The first-order chi connectivity index (χ1) is 11.7. The number of carbonyl (C=O) groups excluding carboxylic acids is 1. The monoisotopic (exact) mass is 360 g/mol. The lowest BCUT2D eigenvalue weighted by atomic mass is 10.0. The van der Waals surface area contributed by atoms with E-state index in [4.69, 9.17) is 0 Å². The molecule has 25 heavy (non-hydrogen) atoms. The average molecular weight is 360 g/mol. The molecular formula is C19H24N2O3S. The molecule has 2 rings (SSSR count). The Kier molecular flexibility index (Phi) is 5.98. The van der Waals surface area contributed by atoms with E-state index in [-0.39, 0.29) is 11.9 Å². The van der Waals surface area contributed by atoms with Gasteiger partial charge in [0.15, 0.2) is 0 Å². The molecule has 0 radical (unpaired) electrons. The number of amides is 1. The van der Waals surface area contributed by atoms with E-state index in [0.717, 1.165) is 21.7 Å². The minimum absolute atomic E-state index is 0.229. The van der Waals surface area contributed by atoms with E-state index >= 15 is 0 Å². The Labute approximate surface area is 149 Å². The summed E-state index contributed by atoms with van der Waals surface area (Å²) < 4.78 is 25.1. The molecule has 2 aromatic rings. The fourth-order valence-corrected chi connectivity index (χ4v) is 3.18. The maximum Gasteiger partial charge on any atom is 0.243 e. The van der Waals surface area contributed by atoms with Crippen LogP contribution < -0.4 is 5.32 Å². The Morgan fingerprint density at radius 2 is 1.56 bits per heavy atom. The molecule has 0 bridgehead atoms. The summed E-state index contributed by atoms with van der Waals surface area (Å²) in [7, 11) is -2.11. The molecule has 0 unspecified atom stereocenters. The summed E-state index contributed by atoms with van der Waals surface area (Å²) in [5.41, 5.74) is 2.73. The molecule has 0 fully saturated rings. The molecule has 0 heterocycles. The highest BCUT2D eigenvalue weighted by molar-refractivity contribution is 7.88. The zero-order valence-corrected chi connectivity index (χ0v) is 15.7. The molecule has 1 N–H and O–H groups in total. The van der Waals surface area contributed by atoms with Crippen molar-refractivity contribution in [2.75, 3.05) is 13.3 Å². The highest BCUT2D eigenvalue weighted by Crippen LogP contribution is 2.23. The van der Waals surface area contributed by atoms with Crippen LogP contribution in [0.3, 0.4) is 0 Å². The average Bonchev–Trinajstić information content (AvgIpc) is 2.55. The minimum atomic E-state index is -3.53. The highest BCUT2D eigenvalue weighted by atomic mass is 32.2. The molecule has 5 nitrogen and oxygen atoms in total. The number of rotatable bonds is 6. The molecule has 0 spiro atoms. The number of benzene rings is 2. The van der Waals surface area contributed by atoms with Crippen LogP contribution in [0.1, 0.15) is 35.7 Å². The predicted octanol–water partition coefficient (Wildman–Crippen LogP) is 2.80. The number of hydrogen-bond acceptors (Lipinski definition) is 3. The Hall–Kier alpha value is -2.18. The van der Waals surface area contributed by atoms with Crippen molar-refractivity contribution in [1.82, 2.24) is 9.62 Å². The number of sulfonamides is 1.